The molecule has 0 unspecified atom stereocenters. The van der Waals surface area contributed by atoms with Gasteiger partial charge in [0.1, 0.15) is 23.7 Å². The molecule has 0 saturated carbocycles. The SMILES string of the molecule is NC(=O)OCC1=C(C(=O)O)N2C(=O)[C@H](NC(=O)Cc3sccc3NC(=O)N3CCNC3=O)[C@@H]2SC1. The summed E-state index contributed by atoms with van der Waals surface area (Å²) in [4.78, 5) is 74.5. The number of carbonyl (C=O) groups is 6. The fraction of sp³-hybridized carbons (Fsp3) is 0.368. The predicted octanol–water partition coefficient (Wildman–Crippen LogP) is -0.318. The number of nitrogens with one attached hydrogen (secondary N) is 3. The second kappa shape index (κ2) is 9.83. The number of aliphatic carboxylic acids is 1. The number of nitrogens with two attached hydrogens (primary N) is 1. The zero-order chi connectivity index (χ0) is 25.3. The van der Waals surface area contributed by atoms with Gasteiger partial charge in [-0.15, -0.1) is 23.1 Å². The van der Waals surface area contributed by atoms with Crippen LogP contribution >= 0.6 is 23.1 Å². The number of β-lactam (4-membered cyclic amide) rings is 1. The van der Waals surface area contributed by atoms with Crippen molar-refractivity contribution < 1.29 is 38.6 Å². The molecule has 1 aromatic rings. The number of primary amides is 1. The minimum absolute atomic E-state index is 0.139. The maximum absolute atomic E-state index is 12.7. The van der Waals surface area contributed by atoms with E-state index in [0.717, 1.165) is 9.80 Å². The maximum atomic E-state index is 12.7. The number of urea groups is 2. The molecule has 186 valence electrons. The number of thiophene rings is 1. The third kappa shape index (κ3) is 4.88. The van der Waals surface area contributed by atoms with E-state index in [0.29, 0.717) is 17.1 Å². The lowest BCUT2D eigenvalue weighted by Crippen LogP contribution is -2.70. The molecule has 2 saturated heterocycles. The van der Waals surface area contributed by atoms with Crippen LogP contribution in [0.3, 0.4) is 0 Å². The second-order valence-corrected chi connectivity index (χ2v) is 9.67. The van der Waals surface area contributed by atoms with E-state index in [2.05, 4.69) is 20.7 Å². The third-order valence-corrected chi connectivity index (χ3v) is 7.63. The summed E-state index contributed by atoms with van der Waals surface area (Å²) in [5.74, 6) is -2.29. The van der Waals surface area contributed by atoms with Crippen molar-refractivity contribution in [3.05, 3.63) is 27.6 Å². The van der Waals surface area contributed by atoms with E-state index in [-0.39, 0.29) is 36.6 Å². The smallest absolute Gasteiger partial charge is 0.404 e. The zero-order valence-electron chi connectivity index (χ0n) is 17.9. The number of anilines is 1. The van der Waals surface area contributed by atoms with Crippen LogP contribution in [-0.2, 0) is 25.5 Å². The number of rotatable bonds is 7. The van der Waals surface area contributed by atoms with Crippen molar-refractivity contribution in [2.75, 3.05) is 30.8 Å². The second-order valence-electron chi connectivity index (χ2n) is 7.57. The fourth-order valence-corrected chi connectivity index (χ4v) is 5.92. The van der Waals surface area contributed by atoms with Gasteiger partial charge in [0.25, 0.3) is 5.91 Å². The largest absolute Gasteiger partial charge is 0.477 e. The average Bonchev–Trinajstić information content (AvgIpc) is 3.43. The highest BCUT2D eigenvalue weighted by Gasteiger charge is 2.54. The van der Waals surface area contributed by atoms with Crippen molar-refractivity contribution >= 4 is 64.7 Å². The van der Waals surface area contributed by atoms with Crippen LogP contribution in [0.15, 0.2) is 22.7 Å². The van der Waals surface area contributed by atoms with Crippen LogP contribution in [0.1, 0.15) is 4.88 Å². The molecular weight excluding hydrogens is 504 g/mol. The van der Waals surface area contributed by atoms with E-state index in [1.807, 2.05) is 0 Å². The van der Waals surface area contributed by atoms with Crippen LogP contribution < -0.4 is 21.7 Å². The van der Waals surface area contributed by atoms with Gasteiger partial charge in [0.15, 0.2) is 0 Å². The third-order valence-electron chi connectivity index (χ3n) is 5.37. The highest BCUT2D eigenvalue weighted by molar-refractivity contribution is 8.00. The van der Waals surface area contributed by atoms with E-state index >= 15 is 0 Å². The van der Waals surface area contributed by atoms with Crippen LogP contribution in [-0.4, -0.2) is 87.7 Å². The molecule has 35 heavy (non-hydrogen) atoms. The van der Waals surface area contributed by atoms with Crippen molar-refractivity contribution in [1.29, 1.82) is 0 Å². The summed E-state index contributed by atoms with van der Waals surface area (Å²) in [5, 5.41) is 18.4. The number of carboxylic acid groups (broad SMARTS) is 1. The van der Waals surface area contributed by atoms with Gasteiger partial charge in [-0.05, 0) is 11.4 Å². The summed E-state index contributed by atoms with van der Waals surface area (Å²) in [5.41, 5.74) is 5.24. The highest BCUT2D eigenvalue weighted by atomic mass is 32.2. The monoisotopic (exact) mass is 524 g/mol. The average molecular weight is 525 g/mol. The summed E-state index contributed by atoms with van der Waals surface area (Å²) >= 11 is 2.44. The predicted molar refractivity (Wildman–Crippen MR) is 122 cm³/mol. The van der Waals surface area contributed by atoms with Crippen molar-refractivity contribution in [3.63, 3.8) is 0 Å². The molecule has 6 N–H and O–H groups in total. The first-order valence-corrected chi connectivity index (χ1v) is 12.1. The van der Waals surface area contributed by atoms with Gasteiger partial charge in [0.2, 0.25) is 5.91 Å². The standard InChI is InChI=1S/C19H20N6O8S2/c20-17(30)33-6-8-7-35-15-12(14(27)25(15)13(8)16(28)29)23-11(26)5-10-9(1-4-34-10)22-19(32)24-3-2-21-18(24)31/h1,4,12,15H,2-3,5-7H2,(H2,20,30)(H,21,31)(H,22,32)(H,23,26)(H,28,29)/t12-,15-/m0/s1. The summed E-state index contributed by atoms with van der Waals surface area (Å²) in [7, 11) is 0. The van der Waals surface area contributed by atoms with E-state index < -0.39 is 47.4 Å². The molecule has 3 aliphatic heterocycles. The molecule has 2 fully saturated rings. The molecule has 7 amide bonds. The normalized spacial score (nSPS) is 21.1. The number of thioether (sulfide) groups is 1. The van der Waals surface area contributed by atoms with Gasteiger partial charge in [0.05, 0.1) is 12.1 Å². The van der Waals surface area contributed by atoms with E-state index in [4.69, 9.17) is 5.73 Å². The molecule has 16 heteroatoms. The summed E-state index contributed by atoms with van der Waals surface area (Å²) in [6.07, 6.45) is -1.21. The van der Waals surface area contributed by atoms with Crippen molar-refractivity contribution in [2.24, 2.45) is 5.73 Å². The molecule has 0 radical (unpaired) electrons. The van der Waals surface area contributed by atoms with Crippen LogP contribution in [0.4, 0.5) is 20.1 Å². The number of hydrogen-bond donors (Lipinski definition) is 5. The highest BCUT2D eigenvalue weighted by Crippen LogP contribution is 2.40. The van der Waals surface area contributed by atoms with Crippen molar-refractivity contribution in [1.82, 2.24) is 20.4 Å². The Kier molecular flexibility index (Phi) is 6.83. The Morgan fingerprint density at radius 2 is 2.06 bits per heavy atom. The van der Waals surface area contributed by atoms with Crippen molar-refractivity contribution in [3.8, 4) is 0 Å². The Morgan fingerprint density at radius 1 is 1.29 bits per heavy atom. The summed E-state index contributed by atoms with van der Waals surface area (Å²) < 4.78 is 4.67. The quantitative estimate of drug-likeness (QED) is 0.296. The maximum Gasteiger partial charge on any atom is 0.404 e. The topological polar surface area (TPSA) is 200 Å². The lowest BCUT2D eigenvalue weighted by atomic mass is 10.0. The molecule has 0 bridgehead atoms. The van der Waals surface area contributed by atoms with E-state index in [1.165, 1.54) is 23.1 Å². The molecule has 0 aromatic carbocycles. The first-order valence-electron chi connectivity index (χ1n) is 10.2. The Labute approximate surface area is 205 Å². The fourth-order valence-electron chi connectivity index (χ4n) is 3.76. The Bertz CT molecular complexity index is 1150. The number of ether oxygens (including phenoxy) is 1. The van der Waals surface area contributed by atoms with Crippen LogP contribution in [0.2, 0.25) is 0 Å². The van der Waals surface area contributed by atoms with E-state index in [1.54, 1.807) is 11.4 Å². The molecule has 0 spiro atoms. The van der Waals surface area contributed by atoms with E-state index in [9.17, 15) is 33.9 Å². The molecule has 2 atom stereocenters. The van der Waals surface area contributed by atoms with Crippen molar-refractivity contribution in [2.45, 2.75) is 17.8 Å². The number of fused-ring (bicyclic) bond motifs is 1. The molecule has 4 rings (SSSR count). The minimum atomic E-state index is -1.36. The number of carbonyl (C=O) groups excluding carboxylic acids is 5. The minimum Gasteiger partial charge on any atom is -0.477 e. The summed E-state index contributed by atoms with van der Waals surface area (Å²) in [6.45, 7) is 0.228. The van der Waals surface area contributed by atoms with Gasteiger partial charge in [-0.2, -0.15) is 0 Å². The van der Waals surface area contributed by atoms with Crippen LogP contribution in [0.25, 0.3) is 0 Å². The van der Waals surface area contributed by atoms with Gasteiger partial charge in [-0.25, -0.2) is 24.1 Å². The number of imide groups is 1. The number of hydrogen-bond acceptors (Lipinski definition) is 9. The van der Waals surface area contributed by atoms with Gasteiger partial charge < -0.3 is 31.5 Å². The Hall–Kier alpha value is -3.79. The molecule has 0 aliphatic carbocycles. The van der Waals surface area contributed by atoms with Crippen LogP contribution in [0.5, 0.6) is 0 Å². The lowest BCUT2D eigenvalue weighted by Gasteiger charge is -2.49. The van der Waals surface area contributed by atoms with Gasteiger partial charge >= 0.3 is 24.1 Å². The molecule has 14 nitrogen and oxygen atoms in total. The molecule has 3 aliphatic rings. The van der Waals surface area contributed by atoms with Gasteiger partial charge in [0, 0.05) is 29.3 Å². The first kappa shape index (κ1) is 24.3. The Balaban J connectivity index is 1.38. The zero-order valence-corrected chi connectivity index (χ0v) is 19.6. The molecular formula is C19H20N6O8S2. The first-order chi connectivity index (χ1) is 16.7. The van der Waals surface area contributed by atoms with Gasteiger partial charge in [-0.1, -0.05) is 0 Å². The summed E-state index contributed by atoms with van der Waals surface area (Å²) in [6, 6.07) is -0.458. The number of amides is 7. The van der Waals surface area contributed by atoms with Crippen LogP contribution in [0, 0.1) is 0 Å². The van der Waals surface area contributed by atoms with Gasteiger partial charge in [-0.3, -0.25) is 14.5 Å². The number of carboxylic acids is 1. The molecule has 1 aromatic heterocycles. The Morgan fingerprint density at radius 3 is 2.71 bits per heavy atom. The molecule has 4 heterocycles. The number of nitrogens with zero attached hydrogens (tertiary/aromatic N) is 2. The lowest BCUT2D eigenvalue weighted by molar-refractivity contribution is -0.150.